The smallest absolute Gasteiger partial charge is 0.123 e. The highest BCUT2D eigenvalue weighted by atomic mass is 19.1. The minimum absolute atomic E-state index is 0.0203. The fraction of sp³-hybridized carbons (Fsp3) is 0.647. The maximum atomic E-state index is 13.4. The monoisotopic (exact) mass is 275 g/mol. The van der Waals surface area contributed by atoms with Crippen LogP contribution in [0.15, 0.2) is 18.2 Å². The summed E-state index contributed by atoms with van der Waals surface area (Å²) in [6.07, 6.45) is 8.13. The van der Waals surface area contributed by atoms with E-state index in [1.54, 1.807) is 12.1 Å². The molecule has 0 radical (unpaired) electrons. The van der Waals surface area contributed by atoms with Gasteiger partial charge in [0.25, 0.3) is 0 Å². The van der Waals surface area contributed by atoms with Crippen molar-refractivity contribution in [2.75, 3.05) is 13.1 Å². The number of aryl methyl sites for hydroxylation is 1. The van der Waals surface area contributed by atoms with Gasteiger partial charge in [-0.3, -0.25) is 0 Å². The predicted molar refractivity (Wildman–Crippen MR) is 76.2 cm³/mol. The first-order chi connectivity index (χ1) is 9.72. The predicted octanol–water partition coefficient (Wildman–Crippen LogP) is 3.29. The molecule has 1 aromatic rings. The zero-order valence-electron chi connectivity index (χ0n) is 11.9. The topological polar surface area (TPSA) is 21.3 Å². The second-order valence-electron chi connectivity index (χ2n) is 6.75. The van der Waals surface area contributed by atoms with E-state index in [-0.39, 0.29) is 17.0 Å². The van der Waals surface area contributed by atoms with Crippen molar-refractivity contribution >= 4 is 0 Å². The quantitative estimate of drug-likeness (QED) is 0.784. The molecule has 1 unspecified atom stereocenters. The molecule has 3 heteroatoms. The Balaban J connectivity index is 1.68. The molecule has 0 aromatic heterocycles. The van der Waals surface area contributed by atoms with Crippen LogP contribution in [0.5, 0.6) is 0 Å². The molecule has 4 rings (SSSR count). The summed E-state index contributed by atoms with van der Waals surface area (Å²) >= 11 is 0. The fourth-order valence-corrected chi connectivity index (χ4v) is 4.43. The summed E-state index contributed by atoms with van der Waals surface area (Å²) in [5, 5.41) is 3.61. The van der Waals surface area contributed by atoms with Crippen molar-refractivity contribution in [1.29, 1.82) is 0 Å². The van der Waals surface area contributed by atoms with E-state index in [0.29, 0.717) is 0 Å². The molecule has 0 bridgehead atoms. The van der Waals surface area contributed by atoms with Gasteiger partial charge in [-0.2, -0.15) is 0 Å². The van der Waals surface area contributed by atoms with Gasteiger partial charge < -0.3 is 10.1 Å². The SMILES string of the molecule is Fc1ccc2c(c1)CCC21CNCC2(CCCCC2)O1. The molecule has 1 N–H and O–H groups in total. The lowest BCUT2D eigenvalue weighted by Gasteiger charge is -2.49. The van der Waals surface area contributed by atoms with E-state index in [4.69, 9.17) is 4.74 Å². The molecule has 20 heavy (non-hydrogen) atoms. The van der Waals surface area contributed by atoms with Crippen molar-refractivity contribution in [2.24, 2.45) is 0 Å². The zero-order chi connectivity index (χ0) is 13.6. The van der Waals surface area contributed by atoms with Gasteiger partial charge >= 0.3 is 0 Å². The Kier molecular flexibility index (Phi) is 2.90. The van der Waals surface area contributed by atoms with Crippen molar-refractivity contribution in [3.63, 3.8) is 0 Å². The van der Waals surface area contributed by atoms with Gasteiger partial charge in [-0.1, -0.05) is 25.3 Å². The number of hydrogen-bond acceptors (Lipinski definition) is 2. The van der Waals surface area contributed by atoms with E-state index >= 15 is 0 Å². The van der Waals surface area contributed by atoms with Crippen LogP contribution in [0.4, 0.5) is 4.39 Å². The molecule has 3 aliphatic rings. The van der Waals surface area contributed by atoms with Crippen LogP contribution < -0.4 is 5.32 Å². The second kappa shape index (κ2) is 4.54. The number of nitrogens with one attached hydrogen (secondary N) is 1. The lowest BCUT2D eigenvalue weighted by Crippen LogP contribution is -2.58. The summed E-state index contributed by atoms with van der Waals surface area (Å²) in [6, 6.07) is 5.22. The molecule has 1 saturated carbocycles. The number of fused-ring (bicyclic) bond motifs is 2. The normalized spacial score (nSPS) is 31.6. The maximum Gasteiger partial charge on any atom is 0.123 e. The number of hydrogen-bond donors (Lipinski definition) is 1. The molecule has 2 aliphatic carbocycles. The Bertz CT molecular complexity index is 518. The third kappa shape index (κ3) is 1.91. The molecule has 2 fully saturated rings. The lowest BCUT2D eigenvalue weighted by atomic mass is 9.81. The minimum Gasteiger partial charge on any atom is -0.361 e. The van der Waals surface area contributed by atoms with E-state index in [0.717, 1.165) is 44.3 Å². The van der Waals surface area contributed by atoms with Crippen LogP contribution in [-0.4, -0.2) is 18.7 Å². The molecule has 1 heterocycles. The molecule has 1 atom stereocenters. The Morgan fingerprint density at radius 2 is 1.90 bits per heavy atom. The van der Waals surface area contributed by atoms with Crippen LogP contribution in [0.2, 0.25) is 0 Å². The third-order valence-corrected chi connectivity index (χ3v) is 5.39. The van der Waals surface area contributed by atoms with Crippen molar-refractivity contribution < 1.29 is 9.13 Å². The fourth-order valence-electron chi connectivity index (χ4n) is 4.43. The summed E-state index contributed by atoms with van der Waals surface area (Å²) in [7, 11) is 0. The molecule has 1 aromatic carbocycles. The summed E-state index contributed by atoms with van der Waals surface area (Å²) in [5.74, 6) is -0.128. The minimum atomic E-state index is -0.210. The highest BCUT2D eigenvalue weighted by Gasteiger charge is 2.49. The van der Waals surface area contributed by atoms with Gasteiger partial charge in [-0.05, 0) is 48.9 Å². The number of halogens is 1. The summed E-state index contributed by atoms with van der Waals surface area (Å²) in [6.45, 7) is 1.85. The van der Waals surface area contributed by atoms with E-state index in [1.165, 1.54) is 24.8 Å². The third-order valence-electron chi connectivity index (χ3n) is 5.39. The van der Waals surface area contributed by atoms with Crippen LogP contribution in [0.3, 0.4) is 0 Å². The van der Waals surface area contributed by atoms with Crippen LogP contribution in [0, 0.1) is 5.82 Å². The van der Waals surface area contributed by atoms with Crippen LogP contribution in [0.1, 0.15) is 49.7 Å². The summed E-state index contributed by atoms with van der Waals surface area (Å²) in [4.78, 5) is 0. The van der Waals surface area contributed by atoms with Crippen LogP contribution >= 0.6 is 0 Å². The summed E-state index contributed by atoms with van der Waals surface area (Å²) < 4.78 is 20.2. The molecule has 0 amide bonds. The van der Waals surface area contributed by atoms with E-state index in [2.05, 4.69) is 5.32 Å². The van der Waals surface area contributed by atoms with E-state index in [9.17, 15) is 4.39 Å². The molecule has 1 aliphatic heterocycles. The highest BCUT2D eigenvalue weighted by Crippen LogP contribution is 2.47. The van der Waals surface area contributed by atoms with E-state index < -0.39 is 0 Å². The molecular formula is C17H22FNO. The molecule has 2 nitrogen and oxygen atoms in total. The highest BCUT2D eigenvalue weighted by molar-refractivity contribution is 5.39. The van der Waals surface area contributed by atoms with Crippen molar-refractivity contribution in [3.8, 4) is 0 Å². The van der Waals surface area contributed by atoms with Crippen LogP contribution in [0.25, 0.3) is 0 Å². The Morgan fingerprint density at radius 3 is 2.75 bits per heavy atom. The Labute approximate surface area is 119 Å². The largest absolute Gasteiger partial charge is 0.361 e. The van der Waals surface area contributed by atoms with Crippen LogP contribution in [-0.2, 0) is 16.8 Å². The summed E-state index contributed by atoms with van der Waals surface area (Å²) in [5.41, 5.74) is 2.17. The van der Waals surface area contributed by atoms with Crippen molar-refractivity contribution in [1.82, 2.24) is 5.32 Å². The van der Waals surface area contributed by atoms with E-state index in [1.807, 2.05) is 6.07 Å². The van der Waals surface area contributed by atoms with Crippen molar-refractivity contribution in [3.05, 3.63) is 35.1 Å². The average Bonchev–Trinajstić information content (AvgIpc) is 2.77. The van der Waals surface area contributed by atoms with Gasteiger partial charge in [0.15, 0.2) is 0 Å². The lowest BCUT2D eigenvalue weighted by molar-refractivity contribution is -0.195. The first-order valence-corrected chi connectivity index (χ1v) is 7.91. The maximum absolute atomic E-state index is 13.4. The number of morpholine rings is 1. The van der Waals surface area contributed by atoms with Gasteiger partial charge in [-0.15, -0.1) is 0 Å². The molecule has 1 saturated heterocycles. The molecule has 108 valence electrons. The number of benzene rings is 1. The standard InChI is InChI=1S/C17H22FNO/c18-14-4-5-15-13(10-14)6-9-17(15)12-19-11-16(20-17)7-2-1-3-8-16/h4-5,10,19H,1-3,6-9,11-12H2. The van der Waals surface area contributed by atoms with Gasteiger partial charge in [0.05, 0.1) is 5.60 Å². The number of ether oxygens (including phenoxy) is 1. The average molecular weight is 275 g/mol. The first-order valence-electron chi connectivity index (χ1n) is 7.91. The Hall–Kier alpha value is -0.930. The number of rotatable bonds is 0. The van der Waals surface area contributed by atoms with Gasteiger partial charge in [-0.25, -0.2) is 4.39 Å². The van der Waals surface area contributed by atoms with Crippen molar-refractivity contribution in [2.45, 2.75) is 56.1 Å². The van der Waals surface area contributed by atoms with Gasteiger partial charge in [0.2, 0.25) is 0 Å². The second-order valence-corrected chi connectivity index (χ2v) is 6.75. The first kappa shape index (κ1) is 12.8. The molecule has 2 spiro atoms. The van der Waals surface area contributed by atoms with Gasteiger partial charge in [0, 0.05) is 13.1 Å². The van der Waals surface area contributed by atoms with Gasteiger partial charge in [0.1, 0.15) is 11.4 Å². The zero-order valence-corrected chi connectivity index (χ0v) is 11.9. The molecular weight excluding hydrogens is 253 g/mol. The Morgan fingerprint density at radius 1 is 1.05 bits per heavy atom.